The molecule has 0 bridgehead atoms. The van der Waals surface area contributed by atoms with Crippen molar-refractivity contribution in [3.05, 3.63) is 60.2 Å². The van der Waals surface area contributed by atoms with Crippen molar-refractivity contribution in [3.63, 3.8) is 0 Å². The Hall–Kier alpha value is -1.60. The Labute approximate surface area is 109 Å². The molecule has 1 atom stereocenters. The maximum atomic E-state index is 3.56. The molecule has 1 saturated heterocycles. The predicted octanol–water partition coefficient (Wildman–Crippen LogP) is 3.65. The lowest BCUT2D eigenvalue weighted by Crippen LogP contribution is -2.23. The third-order valence-electron chi connectivity index (χ3n) is 3.68. The SMILES string of the molecule is c1ccc(-c2cccc(CC3CCCN3)c2)cc1. The zero-order chi connectivity index (χ0) is 12.2. The molecule has 0 aromatic heterocycles. The molecule has 1 heteroatoms. The van der Waals surface area contributed by atoms with E-state index in [4.69, 9.17) is 0 Å². The second kappa shape index (κ2) is 5.36. The molecule has 0 radical (unpaired) electrons. The van der Waals surface area contributed by atoms with Crippen LogP contribution in [0.5, 0.6) is 0 Å². The minimum atomic E-state index is 0.677. The van der Waals surface area contributed by atoms with E-state index in [0.717, 1.165) is 6.42 Å². The Kier molecular flexibility index (Phi) is 3.42. The van der Waals surface area contributed by atoms with Crippen LogP contribution < -0.4 is 5.32 Å². The van der Waals surface area contributed by atoms with E-state index >= 15 is 0 Å². The van der Waals surface area contributed by atoms with Crippen molar-refractivity contribution in [1.82, 2.24) is 5.32 Å². The summed E-state index contributed by atoms with van der Waals surface area (Å²) < 4.78 is 0. The summed E-state index contributed by atoms with van der Waals surface area (Å²) in [6, 6.07) is 20.2. The Morgan fingerprint density at radius 1 is 0.944 bits per heavy atom. The van der Waals surface area contributed by atoms with Crippen LogP contribution in [0.15, 0.2) is 54.6 Å². The highest BCUT2D eigenvalue weighted by Gasteiger charge is 2.14. The van der Waals surface area contributed by atoms with Gasteiger partial charge in [0.1, 0.15) is 0 Å². The zero-order valence-electron chi connectivity index (χ0n) is 10.6. The first kappa shape index (κ1) is 11.5. The van der Waals surface area contributed by atoms with Crippen molar-refractivity contribution in [2.24, 2.45) is 0 Å². The maximum absolute atomic E-state index is 3.56. The summed E-state index contributed by atoms with van der Waals surface area (Å²) in [5.41, 5.74) is 4.07. The molecule has 1 N–H and O–H groups in total. The molecule has 0 aliphatic carbocycles. The largest absolute Gasteiger partial charge is 0.314 e. The highest BCUT2D eigenvalue weighted by atomic mass is 14.9. The van der Waals surface area contributed by atoms with E-state index in [2.05, 4.69) is 59.9 Å². The van der Waals surface area contributed by atoms with Gasteiger partial charge >= 0.3 is 0 Å². The molecule has 1 aliphatic heterocycles. The molecule has 1 unspecified atom stereocenters. The van der Waals surface area contributed by atoms with Gasteiger partial charge < -0.3 is 5.32 Å². The van der Waals surface area contributed by atoms with Gasteiger partial charge in [-0.15, -0.1) is 0 Å². The maximum Gasteiger partial charge on any atom is 0.0108 e. The van der Waals surface area contributed by atoms with Crippen molar-refractivity contribution < 1.29 is 0 Å². The number of hydrogen-bond donors (Lipinski definition) is 1. The first-order valence-electron chi connectivity index (χ1n) is 6.79. The molecule has 1 heterocycles. The van der Waals surface area contributed by atoms with Crippen molar-refractivity contribution in [2.75, 3.05) is 6.54 Å². The molecule has 0 amide bonds. The first-order valence-corrected chi connectivity index (χ1v) is 6.79. The summed E-state index contributed by atoms with van der Waals surface area (Å²) >= 11 is 0. The van der Waals surface area contributed by atoms with Gasteiger partial charge in [0.05, 0.1) is 0 Å². The van der Waals surface area contributed by atoms with Crippen molar-refractivity contribution in [3.8, 4) is 11.1 Å². The fourth-order valence-corrected chi connectivity index (χ4v) is 2.72. The molecule has 0 saturated carbocycles. The van der Waals surface area contributed by atoms with Crippen LogP contribution in [0.1, 0.15) is 18.4 Å². The summed E-state index contributed by atoms with van der Waals surface area (Å²) in [4.78, 5) is 0. The van der Waals surface area contributed by atoms with E-state index in [1.807, 2.05) is 0 Å². The monoisotopic (exact) mass is 237 g/mol. The average molecular weight is 237 g/mol. The third kappa shape index (κ3) is 2.62. The van der Waals surface area contributed by atoms with Crippen LogP contribution in [-0.2, 0) is 6.42 Å². The Bertz CT molecular complexity index is 498. The molecule has 2 aromatic carbocycles. The fraction of sp³-hybridized carbons (Fsp3) is 0.294. The van der Waals surface area contributed by atoms with Gasteiger partial charge in [-0.2, -0.15) is 0 Å². The van der Waals surface area contributed by atoms with E-state index in [1.165, 1.54) is 36.1 Å². The molecule has 0 spiro atoms. The normalized spacial score (nSPS) is 19.0. The van der Waals surface area contributed by atoms with Crippen LogP contribution in [0.4, 0.5) is 0 Å². The number of hydrogen-bond acceptors (Lipinski definition) is 1. The standard InChI is InChI=1S/C17H19N/c1-2-7-15(8-3-1)16-9-4-6-14(12-16)13-17-10-5-11-18-17/h1-4,6-9,12,17-18H,5,10-11,13H2. The first-order chi connectivity index (χ1) is 8.92. The van der Waals surface area contributed by atoms with Gasteiger partial charge in [-0.3, -0.25) is 0 Å². The molecule has 3 rings (SSSR count). The topological polar surface area (TPSA) is 12.0 Å². The van der Waals surface area contributed by atoms with Crippen LogP contribution in [0.25, 0.3) is 11.1 Å². The number of nitrogens with one attached hydrogen (secondary N) is 1. The van der Waals surface area contributed by atoms with Crippen LogP contribution in [0, 0.1) is 0 Å². The fourth-order valence-electron chi connectivity index (χ4n) is 2.72. The van der Waals surface area contributed by atoms with Crippen molar-refractivity contribution in [2.45, 2.75) is 25.3 Å². The van der Waals surface area contributed by atoms with E-state index in [0.29, 0.717) is 6.04 Å². The summed E-state index contributed by atoms with van der Waals surface area (Å²) in [5, 5.41) is 3.56. The predicted molar refractivity (Wildman–Crippen MR) is 76.6 cm³/mol. The van der Waals surface area contributed by atoms with Gasteiger partial charge in [-0.05, 0) is 42.5 Å². The Morgan fingerprint density at radius 2 is 1.78 bits per heavy atom. The molecular formula is C17H19N. The summed E-state index contributed by atoms with van der Waals surface area (Å²) in [5.74, 6) is 0. The minimum Gasteiger partial charge on any atom is -0.314 e. The molecule has 18 heavy (non-hydrogen) atoms. The third-order valence-corrected chi connectivity index (χ3v) is 3.68. The average Bonchev–Trinajstić information content (AvgIpc) is 2.93. The lowest BCUT2D eigenvalue weighted by Gasteiger charge is -2.11. The minimum absolute atomic E-state index is 0.677. The molecule has 2 aromatic rings. The summed E-state index contributed by atoms with van der Waals surface area (Å²) in [6.45, 7) is 1.18. The highest BCUT2D eigenvalue weighted by molar-refractivity contribution is 5.63. The van der Waals surface area contributed by atoms with Gasteiger partial charge in [-0.1, -0.05) is 54.6 Å². The van der Waals surface area contributed by atoms with Gasteiger partial charge in [-0.25, -0.2) is 0 Å². The molecule has 92 valence electrons. The van der Waals surface area contributed by atoms with E-state index < -0.39 is 0 Å². The summed E-state index contributed by atoms with van der Waals surface area (Å²) in [6.07, 6.45) is 3.79. The molecule has 1 fully saturated rings. The van der Waals surface area contributed by atoms with Gasteiger partial charge in [0.25, 0.3) is 0 Å². The number of benzene rings is 2. The Morgan fingerprint density at radius 3 is 2.56 bits per heavy atom. The smallest absolute Gasteiger partial charge is 0.0108 e. The molecule has 1 aliphatic rings. The van der Waals surface area contributed by atoms with Gasteiger partial charge in [0, 0.05) is 6.04 Å². The van der Waals surface area contributed by atoms with Crippen LogP contribution in [0.3, 0.4) is 0 Å². The van der Waals surface area contributed by atoms with E-state index in [1.54, 1.807) is 0 Å². The van der Waals surface area contributed by atoms with Gasteiger partial charge in [0.2, 0.25) is 0 Å². The van der Waals surface area contributed by atoms with Gasteiger partial charge in [0.15, 0.2) is 0 Å². The van der Waals surface area contributed by atoms with Crippen LogP contribution in [0.2, 0.25) is 0 Å². The second-order valence-corrected chi connectivity index (χ2v) is 5.06. The number of rotatable bonds is 3. The van der Waals surface area contributed by atoms with Crippen molar-refractivity contribution in [1.29, 1.82) is 0 Å². The van der Waals surface area contributed by atoms with E-state index in [9.17, 15) is 0 Å². The highest BCUT2D eigenvalue weighted by Crippen LogP contribution is 2.21. The van der Waals surface area contributed by atoms with Crippen LogP contribution in [-0.4, -0.2) is 12.6 Å². The van der Waals surface area contributed by atoms with Crippen LogP contribution >= 0.6 is 0 Å². The quantitative estimate of drug-likeness (QED) is 0.859. The lowest BCUT2D eigenvalue weighted by atomic mass is 9.99. The summed E-state index contributed by atoms with van der Waals surface area (Å²) in [7, 11) is 0. The van der Waals surface area contributed by atoms with E-state index in [-0.39, 0.29) is 0 Å². The zero-order valence-corrected chi connectivity index (χ0v) is 10.6. The second-order valence-electron chi connectivity index (χ2n) is 5.06. The molecule has 1 nitrogen and oxygen atoms in total. The molecular weight excluding hydrogens is 218 g/mol. The van der Waals surface area contributed by atoms with Crippen molar-refractivity contribution >= 4 is 0 Å². The Balaban J connectivity index is 1.80. The lowest BCUT2D eigenvalue weighted by molar-refractivity contribution is 0.603.